The highest BCUT2D eigenvalue weighted by Gasteiger charge is 2.45. The molecular formula is C18H19N5O6. The molecule has 1 fully saturated rings. The molecule has 29 heavy (non-hydrogen) atoms. The van der Waals surface area contributed by atoms with Gasteiger partial charge in [-0.05, 0) is 5.56 Å². The second-order valence-corrected chi connectivity index (χ2v) is 6.67. The zero-order chi connectivity index (χ0) is 20.5. The second-order valence-electron chi connectivity index (χ2n) is 6.67. The molecule has 2 aromatic heterocycles. The number of nitrogens with two attached hydrogens (primary N) is 1. The topological polar surface area (TPSA) is 166 Å². The number of nitrogens with zero attached hydrogens (tertiary/aromatic N) is 3. The molecule has 3 aromatic rings. The summed E-state index contributed by atoms with van der Waals surface area (Å²) >= 11 is 0. The van der Waals surface area contributed by atoms with Crippen LogP contribution in [-0.4, -0.2) is 60.6 Å². The molecule has 0 amide bonds. The zero-order valence-corrected chi connectivity index (χ0v) is 15.1. The molecular weight excluding hydrogens is 382 g/mol. The molecule has 11 nitrogen and oxygen atoms in total. The summed E-state index contributed by atoms with van der Waals surface area (Å²) in [6.07, 6.45) is -3.38. The summed E-state index contributed by atoms with van der Waals surface area (Å²) in [6.45, 7) is -0.247. The first-order valence-electron chi connectivity index (χ1n) is 8.87. The number of fused-ring (bicyclic) bond motifs is 1. The summed E-state index contributed by atoms with van der Waals surface area (Å²) < 4.78 is 12.2. The van der Waals surface area contributed by atoms with E-state index >= 15 is 0 Å². The molecule has 152 valence electrons. The lowest BCUT2D eigenvalue weighted by Crippen LogP contribution is -2.34. The Labute approximate surface area is 163 Å². The Hall–Kier alpha value is -3.28. The van der Waals surface area contributed by atoms with E-state index in [1.807, 2.05) is 18.2 Å². The van der Waals surface area contributed by atoms with Crippen LogP contribution in [-0.2, 0) is 20.7 Å². The van der Waals surface area contributed by atoms with Crippen molar-refractivity contribution in [1.29, 1.82) is 0 Å². The number of carbonyl (C=O) groups is 1. The van der Waals surface area contributed by atoms with E-state index in [1.165, 1.54) is 10.9 Å². The van der Waals surface area contributed by atoms with Crippen molar-refractivity contribution < 1.29 is 24.5 Å². The van der Waals surface area contributed by atoms with Gasteiger partial charge in [0.15, 0.2) is 17.4 Å². The highest BCUT2D eigenvalue weighted by Crippen LogP contribution is 2.31. The minimum absolute atomic E-state index is 0.0160. The van der Waals surface area contributed by atoms with E-state index in [4.69, 9.17) is 15.2 Å². The molecule has 1 aromatic carbocycles. The third-order valence-electron chi connectivity index (χ3n) is 4.66. The number of hydrogen-bond donors (Lipinski definition) is 4. The highest BCUT2D eigenvalue weighted by molar-refractivity contribution is 5.72. The maximum Gasteiger partial charge on any atom is 0.310 e. The third-order valence-corrected chi connectivity index (χ3v) is 4.66. The van der Waals surface area contributed by atoms with E-state index in [0.29, 0.717) is 0 Å². The standard InChI is InChI=1S/C18H19N5O6/c19-18-21-15-12(16(27)22-18)20-8-23(15)17-14(26)13(25)10(29-17)7-28-11(24)6-9-4-2-1-3-5-9/h1-5,8,10,13-14,17,25-26H,6-7H2,(H3,19,21,22,27)/t10-,13-,14-,17-/m1/s1. The molecule has 4 rings (SSSR count). The van der Waals surface area contributed by atoms with Crippen LogP contribution in [0.4, 0.5) is 5.95 Å². The number of hydrogen-bond acceptors (Lipinski definition) is 9. The van der Waals surface area contributed by atoms with Crippen LogP contribution in [0.25, 0.3) is 11.2 Å². The Morgan fingerprint density at radius 3 is 2.79 bits per heavy atom. The van der Waals surface area contributed by atoms with Crippen LogP contribution in [0.3, 0.4) is 0 Å². The fourth-order valence-electron chi connectivity index (χ4n) is 3.21. The summed E-state index contributed by atoms with van der Waals surface area (Å²) in [5.41, 5.74) is 5.94. The van der Waals surface area contributed by atoms with E-state index in [-0.39, 0.29) is 30.1 Å². The first kappa shape index (κ1) is 19.1. The molecule has 1 aliphatic rings. The summed E-state index contributed by atoms with van der Waals surface area (Å²) in [5, 5.41) is 20.7. The molecule has 0 aliphatic carbocycles. The number of imidazole rings is 1. The summed E-state index contributed by atoms with van der Waals surface area (Å²) in [4.78, 5) is 34.2. The number of esters is 1. The number of aliphatic hydroxyl groups is 2. The van der Waals surface area contributed by atoms with Gasteiger partial charge in [-0.15, -0.1) is 0 Å². The number of aromatic nitrogens is 4. The second kappa shape index (κ2) is 7.62. The summed E-state index contributed by atoms with van der Waals surface area (Å²) in [6, 6.07) is 9.07. The molecule has 4 atom stereocenters. The van der Waals surface area contributed by atoms with Crippen LogP contribution in [0, 0.1) is 0 Å². The van der Waals surface area contributed by atoms with E-state index in [1.54, 1.807) is 12.1 Å². The molecule has 0 saturated carbocycles. The first-order valence-corrected chi connectivity index (χ1v) is 8.87. The van der Waals surface area contributed by atoms with Gasteiger partial charge in [0.05, 0.1) is 12.7 Å². The number of H-pyrrole nitrogens is 1. The van der Waals surface area contributed by atoms with E-state index in [0.717, 1.165) is 5.56 Å². The fourth-order valence-corrected chi connectivity index (χ4v) is 3.21. The number of ether oxygens (including phenoxy) is 2. The molecule has 0 radical (unpaired) electrons. The van der Waals surface area contributed by atoms with Crippen molar-refractivity contribution in [3.8, 4) is 0 Å². The predicted molar refractivity (Wildman–Crippen MR) is 99.6 cm³/mol. The van der Waals surface area contributed by atoms with E-state index in [2.05, 4.69) is 15.0 Å². The minimum Gasteiger partial charge on any atom is -0.463 e. The largest absolute Gasteiger partial charge is 0.463 e. The number of rotatable bonds is 5. The van der Waals surface area contributed by atoms with Gasteiger partial charge in [-0.25, -0.2) is 4.98 Å². The van der Waals surface area contributed by atoms with Crippen LogP contribution >= 0.6 is 0 Å². The van der Waals surface area contributed by atoms with Crippen molar-refractivity contribution in [3.05, 3.63) is 52.6 Å². The number of aliphatic hydroxyl groups excluding tert-OH is 2. The zero-order valence-electron chi connectivity index (χ0n) is 15.1. The van der Waals surface area contributed by atoms with Gasteiger partial charge in [0.2, 0.25) is 5.95 Å². The van der Waals surface area contributed by atoms with Crippen molar-refractivity contribution in [2.24, 2.45) is 0 Å². The van der Waals surface area contributed by atoms with Gasteiger partial charge >= 0.3 is 5.97 Å². The van der Waals surface area contributed by atoms with E-state index < -0.39 is 36.1 Å². The molecule has 0 unspecified atom stereocenters. The Morgan fingerprint density at radius 1 is 1.28 bits per heavy atom. The number of nitrogen functional groups attached to an aromatic ring is 1. The molecule has 5 N–H and O–H groups in total. The molecule has 1 aliphatic heterocycles. The number of nitrogens with one attached hydrogen (secondary N) is 1. The number of carbonyl (C=O) groups excluding carboxylic acids is 1. The molecule has 3 heterocycles. The van der Waals surface area contributed by atoms with Gasteiger partial charge in [0, 0.05) is 0 Å². The monoisotopic (exact) mass is 401 g/mol. The lowest BCUT2D eigenvalue weighted by molar-refractivity contribution is -0.149. The number of anilines is 1. The van der Waals surface area contributed by atoms with Crippen LogP contribution in [0.2, 0.25) is 0 Å². The minimum atomic E-state index is -1.35. The van der Waals surface area contributed by atoms with Crippen molar-refractivity contribution in [2.75, 3.05) is 12.3 Å². The maximum absolute atomic E-state index is 12.0. The summed E-state index contributed by atoms with van der Waals surface area (Å²) in [7, 11) is 0. The highest BCUT2D eigenvalue weighted by atomic mass is 16.6. The fraction of sp³-hybridized carbons (Fsp3) is 0.333. The molecule has 0 spiro atoms. The SMILES string of the molecule is Nc1nc2c(ncn2[C@@H]2O[C@H](COC(=O)Cc3ccccc3)[C@@H](O)[C@H]2O)c(=O)[nH]1. The molecule has 0 bridgehead atoms. The van der Waals surface area contributed by atoms with Crippen LogP contribution in [0.1, 0.15) is 11.8 Å². The van der Waals surface area contributed by atoms with Gasteiger partial charge < -0.3 is 25.4 Å². The average Bonchev–Trinajstić information content (AvgIpc) is 3.23. The van der Waals surface area contributed by atoms with Crippen LogP contribution < -0.4 is 11.3 Å². The van der Waals surface area contributed by atoms with Gasteiger partial charge in [0.1, 0.15) is 24.9 Å². The van der Waals surface area contributed by atoms with E-state index in [9.17, 15) is 19.8 Å². The lowest BCUT2D eigenvalue weighted by Gasteiger charge is -2.16. The van der Waals surface area contributed by atoms with Crippen molar-refractivity contribution in [3.63, 3.8) is 0 Å². The molecule has 11 heteroatoms. The van der Waals surface area contributed by atoms with Gasteiger partial charge in [-0.2, -0.15) is 4.98 Å². The molecule has 1 saturated heterocycles. The third kappa shape index (κ3) is 3.70. The Balaban J connectivity index is 1.46. The Kier molecular flexibility index (Phi) is 5.01. The van der Waals surface area contributed by atoms with Crippen LogP contribution in [0.5, 0.6) is 0 Å². The van der Waals surface area contributed by atoms with Gasteiger partial charge in [-0.3, -0.25) is 19.1 Å². The van der Waals surface area contributed by atoms with Crippen molar-refractivity contribution in [2.45, 2.75) is 31.0 Å². The normalized spacial score (nSPS) is 24.1. The van der Waals surface area contributed by atoms with Crippen molar-refractivity contribution in [1.82, 2.24) is 19.5 Å². The average molecular weight is 401 g/mol. The smallest absolute Gasteiger partial charge is 0.310 e. The summed E-state index contributed by atoms with van der Waals surface area (Å²) in [5.74, 6) is -0.609. The quantitative estimate of drug-likeness (QED) is 0.397. The first-order chi connectivity index (χ1) is 13.9. The Bertz CT molecular complexity index is 1080. The number of aromatic amines is 1. The van der Waals surface area contributed by atoms with Crippen LogP contribution in [0.15, 0.2) is 41.5 Å². The lowest BCUT2D eigenvalue weighted by atomic mass is 10.1. The van der Waals surface area contributed by atoms with Crippen molar-refractivity contribution >= 4 is 23.1 Å². The maximum atomic E-state index is 12.0. The predicted octanol–water partition coefficient (Wildman–Crippen LogP) is -0.893. The van der Waals surface area contributed by atoms with Gasteiger partial charge in [-0.1, -0.05) is 30.3 Å². The Morgan fingerprint density at radius 2 is 2.03 bits per heavy atom. The van der Waals surface area contributed by atoms with Gasteiger partial charge in [0.25, 0.3) is 5.56 Å². The number of benzene rings is 1.